The number of nitrogens with zero attached hydrogens (tertiary/aromatic N) is 5. The van der Waals surface area contributed by atoms with Crippen LogP contribution in [0.1, 0.15) is 44.0 Å². The van der Waals surface area contributed by atoms with Crippen molar-refractivity contribution in [1.82, 2.24) is 29.2 Å². The minimum atomic E-state index is -3.45. The smallest absolute Gasteiger partial charge is 0.225 e. The van der Waals surface area contributed by atoms with Gasteiger partial charge < -0.3 is 0 Å². The molecule has 0 aliphatic heterocycles. The van der Waals surface area contributed by atoms with Gasteiger partial charge in [0, 0.05) is 14.1 Å². The largest absolute Gasteiger partial charge is 0.279 e. The molecule has 0 spiro atoms. The number of tetrazole rings is 1. The van der Waals surface area contributed by atoms with E-state index in [0.29, 0.717) is 11.9 Å². The van der Waals surface area contributed by atoms with Crippen LogP contribution in [0, 0.1) is 0 Å². The highest BCUT2D eigenvalue weighted by Gasteiger charge is 2.21. The molecular weight excluding hydrogens is 268 g/mol. The normalized spacial score (nSPS) is 18.1. The lowest BCUT2D eigenvalue weighted by Gasteiger charge is -2.22. The minimum Gasteiger partial charge on any atom is -0.225 e. The summed E-state index contributed by atoms with van der Waals surface area (Å²) in [5, 5.41) is 11.6. The van der Waals surface area contributed by atoms with Crippen LogP contribution in [-0.4, -0.2) is 47.0 Å². The van der Waals surface area contributed by atoms with Crippen LogP contribution < -0.4 is 4.72 Å². The zero-order chi connectivity index (χ0) is 13.9. The average Bonchev–Trinajstić information content (AvgIpc) is 2.85. The van der Waals surface area contributed by atoms with Crippen LogP contribution >= 0.6 is 0 Å². The van der Waals surface area contributed by atoms with E-state index in [2.05, 4.69) is 20.2 Å². The van der Waals surface area contributed by atoms with Gasteiger partial charge >= 0.3 is 0 Å². The third-order valence-electron chi connectivity index (χ3n) is 3.37. The van der Waals surface area contributed by atoms with Crippen LogP contribution in [0.4, 0.5) is 0 Å². The molecule has 1 aromatic heterocycles. The fourth-order valence-electron chi connectivity index (χ4n) is 2.22. The van der Waals surface area contributed by atoms with E-state index in [-0.39, 0.29) is 6.54 Å². The molecule has 1 fully saturated rings. The number of hydrogen-bond donors (Lipinski definition) is 1. The van der Waals surface area contributed by atoms with Crippen molar-refractivity contribution in [3.8, 4) is 0 Å². The van der Waals surface area contributed by atoms with Crippen LogP contribution in [0.2, 0.25) is 0 Å². The first-order chi connectivity index (χ1) is 9.00. The molecule has 1 aliphatic carbocycles. The zero-order valence-electron chi connectivity index (χ0n) is 11.3. The highest BCUT2D eigenvalue weighted by molar-refractivity contribution is 7.87. The Morgan fingerprint density at radius 2 is 2.00 bits per heavy atom. The molecule has 19 heavy (non-hydrogen) atoms. The van der Waals surface area contributed by atoms with Gasteiger partial charge in [-0.05, 0) is 23.3 Å². The van der Waals surface area contributed by atoms with E-state index >= 15 is 0 Å². The SMILES string of the molecule is CN(C)S(=O)(=O)NCc1nnnn1C1CCCCC1. The van der Waals surface area contributed by atoms with Crippen molar-refractivity contribution in [2.24, 2.45) is 0 Å². The van der Waals surface area contributed by atoms with E-state index in [4.69, 9.17) is 0 Å². The number of nitrogens with one attached hydrogen (secondary N) is 1. The maximum Gasteiger partial charge on any atom is 0.279 e. The lowest BCUT2D eigenvalue weighted by atomic mass is 9.96. The summed E-state index contributed by atoms with van der Waals surface area (Å²) in [6, 6.07) is 0.294. The zero-order valence-corrected chi connectivity index (χ0v) is 12.1. The van der Waals surface area contributed by atoms with E-state index < -0.39 is 10.2 Å². The van der Waals surface area contributed by atoms with Crippen LogP contribution in [-0.2, 0) is 16.8 Å². The Morgan fingerprint density at radius 1 is 1.32 bits per heavy atom. The van der Waals surface area contributed by atoms with Crippen molar-refractivity contribution in [3.05, 3.63) is 5.82 Å². The molecule has 2 rings (SSSR count). The van der Waals surface area contributed by atoms with Gasteiger partial charge in [-0.3, -0.25) is 0 Å². The van der Waals surface area contributed by atoms with Crippen molar-refractivity contribution in [2.45, 2.75) is 44.7 Å². The monoisotopic (exact) mass is 288 g/mol. The van der Waals surface area contributed by atoms with Gasteiger partial charge in [-0.15, -0.1) is 5.10 Å². The molecule has 1 aliphatic rings. The van der Waals surface area contributed by atoms with Gasteiger partial charge in [-0.2, -0.15) is 17.4 Å². The van der Waals surface area contributed by atoms with E-state index in [9.17, 15) is 8.42 Å². The lowest BCUT2D eigenvalue weighted by Crippen LogP contribution is -2.36. The van der Waals surface area contributed by atoms with Crippen molar-refractivity contribution in [3.63, 3.8) is 0 Å². The number of hydrogen-bond acceptors (Lipinski definition) is 5. The summed E-state index contributed by atoms with van der Waals surface area (Å²) in [5.74, 6) is 0.567. The van der Waals surface area contributed by atoms with Crippen molar-refractivity contribution in [1.29, 1.82) is 0 Å². The summed E-state index contributed by atoms with van der Waals surface area (Å²) in [5.41, 5.74) is 0. The molecule has 1 N–H and O–H groups in total. The third-order valence-corrected chi connectivity index (χ3v) is 4.85. The van der Waals surface area contributed by atoms with Gasteiger partial charge in [0.2, 0.25) is 0 Å². The van der Waals surface area contributed by atoms with E-state index in [1.807, 2.05) is 0 Å². The molecule has 0 saturated heterocycles. The Kier molecular flexibility index (Phi) is 4.48. The van der Waals surface area contributed by atoms with Crippen LogP contribution in [0.15, 0.2) is 0 Å². The van der Waals surface area contributed by atoms with Crippen molar-refractivity contribution < 1.29 is 8.42 Å². The predicted molar refractivity (Wildman–Crippen MR) is 69.4 cm³/mol. The highest BCUT2D eigenvalue weighted by Crippen LogP contribution is 2.27. The van der Waals surface area contributed by atoms with Gasteiger partial charge in [-0.1, -0.05) is 19.3 Å². The van der Waals surface area contributed by atoms with Crippen LogP contribution in [0.5, 0.6) is 0 Å². The Labute approximate surface area is 113 Å². The minimum absolute atomic E-state index is 0.115. The molecule has 0 atom stereocenters. The summed E-state index contributed by atoms with van der Waals surface area (Å²) < 4.78 is 28.7. The van der Waals surface area contributed by atoms with Crippen LogP contribution in [0.3, 0.4) is 0 Å². The molecule has 8 nitrogen and oxygen atoms in total. The number of rotatable bonds is 5. The fourth-order valence-corrected chi connectivity index (χ4v) is 2.79. The van der Waals surface area contributed by atoms with Gasteiger partial charge in [0.15, 0.2) is 5.82 Å². The maximum absolute atomic E-state index is 11.7. The van der Waals surface area contributed by atoms with Crippen molar-refractivity contribution >= 4 is 10.2 Å². The molecule has 0 bridgehead atoms. The second kappa shape index (κ2) is 5.93. The predicted octanol–water partition coefficient (Wildman–Crippen LogP) is 0.0743. The Morgan fingerprint density at radius 3 is 2.63 bits per heavy atom. The summed E-state index contributed by atoms with van der Waals surface area (Å²) in [4.78, 5) is 0. The highest BCUT2D eigenvalue weighted by atomic mass is 32.2. The standard InChI is InChI=1S/C10H20N6O2S/c1-15(2)19(17,18)11-8-10-12-13-14-16(10)9-6-4-3-5-7-9/h9,11H,3-8H2,1-2H3. The maximum atomic E-state index is 11.7. The van der Waals surface area contributed by atoms with Crippen molar-refractivity contribution in [2.75, 3.05) is 14.1 Å². The molecule has 108 valence electrons. The molecule has 1 aromatic rings. The quantitative estimate of drug-likeness (QED) is 0.828. The molecule has 1 saturated carbocycles. The molecule has 0 radical (unpaired) electrons. The van der Waals surface area contributed by atoms with Crippen LogP contribution in [0.25, 0.3) is 0 Å². The second-order valence-electron chi connectivity index (χ2n) is 4.94. The number of aromatic nitrogens is 4. The summed E-state index contributed by atoms with van der Waals surface area (Å²) in [7, 11) is -0.490. The van der Waals surface area contributed by atoms with Gasteiger partial charge in [-0.25, -0.2) is 4.68 Å². The van der Waals surface area contributed by atoms with E-state index in [0.717, 1.165) is 17.1 Å². The average molecular weight is 288 g/mol. The first-order valence-electron chi connectivity index (χ1n) is 6.44. The molecule has 9 heteroatoms. The van der Waals surface area contributed by atoms with Gasteiger partial charge in [0.05, 0.1) is 12.6 Å². The summed E-state index contributed by atoms with van der Waals surface area (Å²) in [6.07, 6.45) is 5.71. The Bertz CT molecular complexity index is 506. The topological polar surface area (TPSA) is 93.0 Å². The molecule has 0 unspecified atom stereocenters. The first-order valence-corrected chi connectivity index (χ1v) is 7.88. The second-order valence-corrected chi connectivity index (χ2v) is 6.91. The Balaban J connectivity index is 2.03. The Hall–Kier alpha value is -1.06. The fraction of sp³-hybridized carbons (Fsp3) is 0.900. The van der Waals surface area contributed by atoms with Gasteiger partial charge in [0.25, 0.3) is 10.2 Å². The van der Waals surface area contributed by atoms with E-state index in [1.165, 1.54) is 33.4 Å². The lowest BCUT2D eigenvalue weighted by molar-refractivity contribution is 0.316. The molecule has 0 aromatic carbocycles. The molecule has 0 amide bonds. The summed E-state index contributed by atoms with van der Waals surface area (Å²) in [6.45, 7) is 0.115. The molecular formula is C10H20N6O2S. The summed E-state index contributed by atoms with van der Waals surface area (Å²) >= 11 is 0. The van der Waals surface area contributed by atoms with Gasteiger partial charge in [0.1, 0.15) is 0 Å². The molecule has 1 heterocycles. The van der Waals surface area contributed by atoms with E-state index in [1.54, 1.807) is 4.68 Å². The first kappa shape index (κ1) is 14.4. The third kappa shape index (κ3) is 3.48.